The lowest BCUT2D eigenvalue weighted by molar-refractivity contribution is -0.131. The lowest BCUT2D eigenvalue weighted by Gasteiger charge is -2.22. The highest BCUT2D eigenvalue weighted by Gasteiger charge is 2.29. The first-order valence-electron chi connectivity index (χ1n) is 10.1. The lowest BCUT2D eigenvalue weighted by Crippen LogP contribution is -2.44. The number of carbonyl (C=O) groups excluding carboxylic acids is 2. The zero-order chi connectivity index (χ0) is 21.0. The monoisotopic (exact) mass is 402 g/mol. The molecule has 8 nitrogen and oxygen atoms in total. The van der Waals surface area contributed by atoms with Crippen LogP contribution in [0.4, 0.5) is 0 Å². The number of methoxy groups -OCH3 is 1. The van der Waals surface area contributed by atoms with Crippen LogP contribution in [0.3, 0.4) is 0 Å². The molecular formula is C21H30N4O4. The summed E-state index contributed by atoms with van der Waals surface area (Å²) >= 11 is 0. The van der Waals surface area contributed by atoms with Gasteiger partial charge in [0.25, 0.3) is 0 Å². The summed E-state index contributed by atoms with van der Waals surface area (Å²) in [5, 5.41) is 13.3. The number of fused-ring (bicyclic) bond motifs is 1. The molecule has 1 aliphatic rings. The summed E-state index contributed by atoms with van der Waals surface area (Å²) in [6.07, 6.45) is 0.305. The first-order valence-corrected chi connectivity index (χ1v) is 10.1. The third-order valence-electron chi connectivity index (χ3n) is 5.37. The minimum absolute atomic E-state index is 0.0338. The van der Waals surface area contributed by atoms with Crippen LogP contribution in [-0.4, -0.2) is 63.7 Å². The Morgan fingerprint density at radius 1 is 1.28 bits per heavy atom. The summed E-state index contributed by atoms with van der Waals surface area (Å²) in [6.45, 7) is 5.08. The van der Waals surface area contributed by atoms with Crippen molar-refractivity contribution in [2.24, 2.45) is 5.92 Å². The molecule has 158 valence electrons. The Hall–Kier alpha value is -2.45. The third-order valence-corrected chi connectivity index (χ3v) is 5.37. The number of aromatic nitrogens is 2. The van der Waals surface area contributed by atoms with E-state index in [-0.39, 0.29) is 30.3 Å². The topological polar surface area (TPSA) is 96.7 Å². The molecule has 1 saturated heterocycles. The van der Waals surface area contributed by atoms with Crippen molar-refractivity contribution in [3.05, 3.63) is 30.1 Å². The van der Waals surface area contributed by atoms with E-state index in [1.807, 2.05) is 42.7 Å². The maximum atomic E-state index is 13.0. The molecule has 0 bridgehead atoms. The normalized spacial score (nSPS) is 20.1. The minimum Gasteiger partial charge on any atom is -0.391 e. The highest BCUT2D eigenvalue weighted by molar-refractivity contribution is 5.81. The molecule has 0 spiro atoms. The maximum absolute atomic E-state index is 13.0. The number of benzene rings is 1. The number of para-hydroxylation sites is 2. The summed E-state index contributed by atoms with van der Waals surface area (Å²) < 4.78 is 7.14. The Balaban J connectivity index is 1.71. The summed E-state index contributed by atoms with van der Waals surface area (Å²) in [6, 6.07) is 7.37. The van der Waals surface area contributed by atoms with E-state index in [1.165, 1.54) is 0 Å². The summed E-state index contributed by atoms with van der Waals surface area (Å²) in [5.41, 5.74) is 1.72. The average molecular weight is 402 g/mol. The molecule has 1 aliphatic heterocycles. The highest BCUT2D eigenvalue weighted by Crippen LogP contribution is 2.18. The number of ether oxygens (including phenoxy) is 1. The molecule has 0 aliphatic carbocycles. The number of nitrogens with zero attached hydrogens (tertiary/aromatic N) is 3. The second-order valence-corrected chi connectivity index (χ2v) is 7.83. The van der Waals surface area contributed by atoms with Gasteiger partial charge in [-0.3, -0.25) is 9.59 Å². The van der Waals surface area contributed by atoms with Gasteiger partial charge in [-0.05, 0) is 25.0 Å². The molecule has 2 amide bonds. The summed E-state index contributed by atoms with van der Waals surface area (Å²) in [5.74, 6) is 0.451. The van der Waals surface area contributed by atoms with E-state index in [0.29, 0.717) is 38.4 Å². The lowest BCUT2D eigenvalue weighted by atomic mass is 10.1. The smallest absolute Gasteiger partial charge is 0.242 e. The zero-order valence-corrected chi connectivity index (χ0v) is 17.3. The third kappa shape index (κ3) is 4.94. The molecule has 1 fully saturated rings. The van der Waals surface area contributed by atoms with E-state index in [2.05, 4.69) is 10.3 Å². The standard InChI is InChI=1S/C21H30N4O4/c1-14(2)21(28)23-16-8-10-24(11-9-18(16)26)20(27)12-25-17-7-5-4-6-15(17)22-19(25)13-29-3/h4-7,14,16,18,26H,8-13H2,1-3H3,(H,23,28)/t16-,18-/m0/s1. The van der Waals surface area contributed by atoms with Crippen molar-refractivity contribution in [2.75, 3.05) is 20.2 Å². The van der Waals surface area contributed by atoms with E-state index >= 15 is 0 Å². The van der Waals surface area contributed by atoms with Crippen LogP contribution in [0.5, 0.6) is 0 Å². The van der Waals surface area contributed by atoms with Gasteiger partial charge in [-0.1, -0.05) is 26.0 Å². The van der Waals surface area contributed by atoms with Crippen LogP contribution in [0.2, 0.25) is 0 Å². The largest absolute Gasteiger partial charge is 0.391 e. The number of amides is 2. The molecule has 1 aromatic heterocycles. The maximum Gasteiger partial charge on any atom is 0.242 e. The van der Waals surface area contributed by atoms with Gasteiger partial charge >= 0.3 is 0 Å². The molecule has 0 saturated carbocycles. The highest BCUT2D eigenvalue weighted by atomic mass is 16.5. The van der Waals surface area contributed by atoms with E-state index in [4.69, 9.17) is 4.74 Å². The molecule has 2 atom stereocenters. The number of carbonyl (C=O) groups is 2. The number of aliphatic hydroxyl groups is 1. The van der Waals surface area contributed by atoms with Crippen molar-refractivity contribution in [3.8, 4) is 0 Å². The average Bonchev–Trinajstić information content (AvgIpc) is 2.92. The van der Waals surface area contributed by atoms with Gasteiger partial charge in [0.2, 0.25) is 11.8 Å². The van der Waals surface area contributed by atoms with Gasteiger partial charge in [0.1, 0.15) is 19.0 Å². The molecule has 29 heavy (non-hydrogen) atoms. The van der Waals surface area contributed by atoms with Crippen LogP contribution in [0.15, 0.2) is 24.3 Å². The predicted octanol–water partition coefficient (Wildman–Crippen LogP) is 1.31. The first-order chi connectivity index (χ1) is 13.9. The van der Waals surface area contributed by atoms with Gasteiger partial charge < -0.3 is 24.6 Å². The van der Waals surface area contributed by atoms with Crippen molar-refractivity contribution in [3.63, 3.8) is 0 Å². The number of imidazole rings is 1. The molecule has 1 aromatic carbocycles. The van der Waals surface area contributed by atoms with E-state index in [9.17, 15) is 14.7 Å². The fraction of sp³-hybridized carbons (Fsp3) is 0.571. The Morgan fingerprint density at radius 3 is 2.72 bits per heavy atom. The van der Waals surface area contributed by atoms with Crippen LogP contribution in [-0.2, 0) is 27.5 Å². The van der Waals surface area contributed by atoms with E-state index < -0.39 is 6.10 Å². The molecule has 3 rings (SSSR count). The fourth-order valence-electron chi connectivity index (χ4n) is 3.63. The van der Waals surface area contributed by atoms with Crippen LogP contribution in [0, 0.1) is 5.92 Å². The van der Waals surface area contributed by atoms with Gasteiger partial charge in [-0.15, -0.1) is 0 Å². The molecule has 2 heterocycles. The summed E-state index contributed by atoms with van der Waals surface area (Å²) in [4.78, 5) is 31.4. The van der Waals surface area contributed by atoms with Crippen LogP contribution in [0.1, 0.15) is 32.5 Å². The van der Waals surface area contributed by atoms with Gasteiger partial charge in [0, 0.05) is 26.1 Å². The number of nitrogens with one attached hydrogen (secondary N) is 1. The Bertz CT molecular complexity index is 863. The molecule has 2 aromatic rings. The molecule has 0 radical (unpaired) electrons. The van der Waals surface area contributed by atoms with Crippen LogP contribution < -0.4 is 5.32 Å². The van der Waals surface area contributed by atoms with Crippen molar-refractivity contribution in [1.29, 1.82) is 0 Å². The Kier molecular flexibility index (Phi) is 6.87. The second-order valence-electron chi connectivity index (χ2n) is 7.83. The molecule has 0 unspecified atom stereocenters. The van der Waals surface area contributed by atoms with Gasteiger partial charge in [-0.2, -0.15) is 0 Å². The number of aliphatic hydroxyl groups excluding tert-OH is 1. The van der Waals surface area contributed by atoms with Crippen LogP contribution >= 0.6 is 0 Å². The predicted molar refractivity (Wildman–Crippen MR) is 109 cm³/mol. The first kappa shape index (κ1) is 21.3. The molecule has 8 heteroatoms. The van der Waals surface area contributed by atoms with Gasteiger partial charge in [0.15, 0.2) is 0 Å². The molecular weight excluding hydrogens is 372 g/mol. The number of hydrogen-bond donors (Lipinski definition) is 2. The van der Waals surface area contributed by atoms with E-state index in [0.717, 1.165) is 11.0 Å². The Morgan fingerprint density at radius 2 is 2.00 bits per heavy atom. The quantitative estimate of drug-likeness (QED) is 0.759. The second kappa shape index (κ2) is 9.37. The summed E-state index contributed by atoms with van der Waals surface area (Å²) in [7, 11) is 1.60. The molecule has 2 N–H and O–H groups in total. The zero-order valence-electron chi connectivity index (χ0n) is 17.3. The SMILES string of the molecule is COCc1nc2ccccc2n1CC(=O)N1CC[C@H](NC(=O)C(C)C)[C@@H](O)CC1. The van der Waals surface area contributed by atoms with Gasteiger partial charge in [-0.25, -0.2) is 4.98 Å². The number of rotatable bonds is 6. The van der Waals surface area contributed by atoms with Crippen molar-refractivity contribution in [2.45, 2.75) is 52.0 Å². The minimum atomic E-state index is -0.659. The number of likely N-dealkylation sites (tertiary alicyclic amines) is 1. The van der Waals surface area contributed by atoms with Crippen LogP contribution in [0.25, 0.3) is 11.0 Å². The van der Waals surface area contributed by atoms with E-state index in [1.54, 1.807) is 12.0 Å². The Labute approximate surface area is 170 Å². The van der Waals surface area contributed by atoms with Gasteiger partial charge in [0.05, 0.1) is 23.2 Å². The number of hydrogen-bond acceptors (Lipinski definition) is 5. The fourth-order valence-corrected chi connectivity index (χ4v) is 3.63. The van der Waals surface area contributed by atoms with Crippen molar-refractivity contribution < 1.29 is 19.4 Å². The van der Waals surface area contributed by atoms with Crippen molar-refractivity contribution >= 4 is 22.8 Å². The van der Waals surface area contributed by atoms with Crippen molar-refractivity contribution in [1.82, 2.24) is 19.8 Å².